The molecule has 4 rings (SSSR count). The van der Waals surface area contributed by atoms with Gasteiger partial charge in [-0.05, 0) is 58.0 Å². The van der Waals surface area contributed by atoms with Crippen molar-refractivity contribution in [3.8, 4) is 22.5 Å². The third-order valence-electron chi connectivity index (χ3n) is 5.51. The van der Waals surface area contributed by atoms with Crippen molar-refractivity contribution < 1.29 is 9.31 Å². The van der Waals surface area contributed by atoms with E-state index in [2.05, 4.69) is 9.97 Å². The molecule has 0 saturated carbocycles. The highest BCUT2D eigenvalue weighted by Gasteiger charge is 2.51. The summed E-state index contributed by atoms with van der Waals surface area (Å²) in [6, 6.07) is 15.6. The van der Waals surface area contributed by atoms with Gasteiger partial charge >= 0.3 is 7.12 Å². The fourth-order valence-electron chi connectivity index (χ4n) is 3.06. The Kier molecular flexibility index (Phi) is 4.78. The maximum Gasteiger partial charge on any atom is 0.496 e. The lowest BCUT2D eigenvalue weighted by Gasteiger charge is -2.32. The molecule has 0 aliphatic carbocycles. The molecule has 3 aromatic rings. The summed E-state index contributed by atoms with van der Waals surface area (Å²) < 4.78 is 12.2. The van der Waals surface area contributed by atoms with Crippen LogP contribution >= 0.6 is 11.6 Å². The molecule has 0 N–H and O–H groups in total. The van der Waals surface area contributed by atoms with Crippen LogP contribution in [0.2, 0.25) is 5.02 Å². The van der Waals surface area contributed by atoms with Gasteiger partial charge in [-0.1, -0.05) is 29.8 Å². The van der Waals surface area contributed by atoms with Gasteiger partial charge in [-0.2, -0.15) is 0 Å². The van der Waals surface area contributed by atoms with E-state index in [1.54, 1.807) is 6.20 Å². The molecule has 1 aromatic carbocycles. The lowest BCUT2D eigenvalue weighted by molar-refractivity contribution is 0.00578. The molecule has 1 aliphatic heterocycles. The van der Waals surface area contributed by atoms with Crippen molar-refractivity contribution in [2.24, 2.45) is 0 Å². The topological polar surface area (TPSA) is 44.2 Å². The minimum absolute atomic E-state index is 0.366. The molecule has 3 heterocycles. The Balaban J connectivity index is 1.58. The zero-order valence-corrected chi connectivity index (χ0v) is 17.2. The zero-order valence-electron chi connectivity index (χ0n) is 16.4. The minimum atomic E-state index is -0.409. The predicted molar refractivity (Wildman–Crippen MR) is 114 cm³/mol. The third-order valence-corrected chi connectivity index (χ3v) is 5.76. The first-order valence-corrected chi connectivity index (χ1v) is 9.67. The smallest absolute Gasteiger partial charge is 0.399 e. The Hall–Kier alpha value is -2.21. The molecule has 142 valence electrons. The molecule has 4 nitrogen and oxygen atoms in total. The van der Waals surface area contributed by atoms with Gasteiger partial charge in [0.15, 0.2) is 0 Å². The SMILES string of the molecule is CC1(C)OB(c2ccc(-c3ccnc(-c4ccc(Cl)cc4)c3)nc2)OC1(C)C. The van der Waals surface area contributed by atoms with Crippen LogP contribution in [0.3, 0.4) is 0 Å². The van der Waals surface area contributed by atoms with Crippen LogP contribution in [0, 0.1) is 0 Å². The number of benzene rings is 1. The van der Waals surface area contributed by atoms with E-state index in [-0.39, 0.29) is 11.2 Å². The van der Waals surface area contributed by atoms with E-state index < -0.39 is 7.12 Å². The van der Waals surface area contributed by atoms with Crippen LogP contribution in [-0.4, -0.2) is 28.3 Å². The fourth-order valence-corrected chi connectivity index (χ4v) is 3.19. The van der Waals surface area contributed by atoms with Gasteiger partial charge < -0.3 is 9.31 Å². The summed E-state index contributed by atoms with van der Waals surface area (Å²) in [6.45, 7) is 8.18. The average molecular weight is 393 g/mol. The molecule has 6 heteroatoms. The Morgan fingerprint density at radius 1 is 0.786 bits per heavy atom. The van der Waals surface area contributed by atoms with Gasteiger partial charge in [0.2, 0.25) is 0 Å². The van der Waals surface area contributed by atoms with Crippen molar-refractivity contribution in [3.63, 3.8) is 0 Å². The average Bonchev–Trinajstić information content (AvgIpc) is 2.90. The number of hydrogen-bond donors (Lipinski definition) is 0. The molecular formula is C22H22BClN2O2. The second kappa shape index (κ2) is 7.00. The molecule has 28 heavy (non-hydrogen) atoms. The van der Waals surface area contributed by atoms with Crippen molar-refractivity contribution in [2.45, 2.75) is 38.9 Å². The van der Waals surface area contributed by atoms with Crippen LogP contribution in [0.1, 0.15) is 27.7 Å². The number of aromatic nitrogens is 2. The second-order valence-electron chi connectivity index (χ2n) is 8.00. The molecular weight excluding hydrogens is 371 g/mol. The molecule has 0 bridgehead atoms. The Morgan fingerprint density at radius 2 is 1.46 bits per heavy atom. The molecule has 0 atom stereocenters. The highest BCUT2D eigenvalue weighted by Crippen LogP contribution is 2.36. The molecule has 0 spiro atoms. The van der Waals surface area contributed by atoms with Gasteiger partial charge in [-0.25, -0.2) is 0 Å². The summed E-state index contributed by atoms with van der Waals surface area (Å²) in [5, 5.41) is 0.708. The van der Waals surface area contributed by atoms with Gasteiger partial charge in [0.25, 0.3) is 0 Å². The molecule has 2 aromatic heterocycles. The molecule has 0 amide bonds. The van der Waals surface area contributed by atoms with Gasteiger partial charge in [-0.15, -0.1) is 0 Å². The maximum atomic E-state index is 6.10. The molecule has 1 fully saturated rings. The summed E-state index contributed by atoms with van der Waals surface area (Å²) in [7, 11) is -0.409. The fraction of sp³-hybridized carbons (Fsp3) is 0.273. The van der Waals surface area contributed by atoms with Crippen molar-refractivity contribution in [1.29, 1.82) is 0 Å². The molecule has 0 unspecified atom stereocenters. The number of nitrogens with zero attached hydrogens (tertiary/aromatic N) is 2. The van der Waals surface area contributed by atoms with E-state index in [4.69, 9.17) is 20.9 Å². The standard InChI is InChI=1S/C22H22BClN2O2/c1-21(2)22(3,4)28-23(27-21)17-7-10-19(26-14-17)16-11-12-25-20(13-16)15-5-8-18(24)9-6-15/h5-14H,1-4H3. The van der Waals surface area contributed by atoms with E-state index in [1.165, 1.54) is 0 Å². The van der Waals surface area contributed by atoms with Crippen LogP contribution in [0.25, 0.3) is 22.5 Å². The third kappa shape index (κ3) is 3.58. The molecule has 1 aliphatic rings. The van der Waals surface area contributed by atoms with Crippen molar-refractivity contribution in [3.05, 3.63) is 65.9 Å². The van der Waals surface area contributed by atoms with Gasteiger partial charge in [0, 0.05) is 34.0 Å². The lowest BCUT2D eigenvalue weighted by atomic mass is 9.80. The predicted octanol–water partition coefficient (Wildman–Crippen LogP) is 4.76. The lowest BCUT2D eigenvalue weighted by Crippen LogP contribution is -2.41. The number of rotatable bonds is 3. The van der Waals surface area contributed by atoms with E-state index >= 15 is 0 Å². The van der Waals surface area contributed by atoms with Crippen LogP contribution in [-0.2, 0) is 9.31 Å². The number of halogens is 1. The first kappa shape index (κ1) is 19.1. The minimum Gasteiger partial charge on any atom is -0.399 e. The molecule has 1 saturated heterocycles. The molecule has 0 radical (unpaired) electrons. The first-order valence-electron chi connectivity index (χ1n) is 9.29. The van der Waals surface area contributed by atoms with Crippen molar-refractivity contribution in [1.82, 2.24) is 9.97 Å². The number of pyridine rings is 2. The highest BCUT2D eigenvalue weighted by atomic mass is 35.5. The normalized spacial score (nSPS) is 17.7. The zero-order chi connectivity index (χ0) is 19.9. The van der Waals surface area contributed by atoms with Gasteiger partial charge in [0.05, 0.1) is 22.6 Å². The Labute approximate surface area is 171 Å². The van der Waals surface area contributed by atoms with Crippen LogP contribution in [0.15, 0.2) is 60.9 Å². The second-order valence-corrected chi connectivity index (χ2v) is 8.44. The summed E-state index contributed by atoms with van der Waals surface area (Å²) in [6.07, 6.45) is 3.61. The summed E-state index contributed by atoms with van der Waals surface area (Å²) in [4.78, 5) is 9.10. The van der Waals surface area contributed by atoms with Crippen LogP contribution in [0.5, 0.6) is 0 Å². The maximum absolute atomic E-state index is 6.10. The first-order chi connectivity index (χ1) is 13.2. The van der Waals surface area contributed by atoms with Crippen molar-refractivity contribution >= 4 is 24.2 Å². The summed E-state index contributed by atoms with van der Waals surface area (Å²) in [5.41, 5.74) is 3.95. The van der Waals surface area contributed by atoms with E-state index in [9.17, 15) is 0 Å². The summed E-state index contributed by atoms with van der Waals surface area (Å²) >= 11 is 5.98. The Morgan fingerprint density at radius 3 is 2.07 bits per heavy atom. The van der Waals surface area contributed by atoms with Crippen LogP contribution < -0.4 is 5.46 Å². The highest BCUT2D eigenvalue weighted by molar-refractivity contribution is 6.62. The monoisotopic (exact) mass is 392 g/mol. The van der Waals surface area contributed by atoms with E-state index in [1.807, 2.05) is 82.4 Å². The Bertz CT molecular complexity index is 972. The van der Waals surface area contributed by atoms with Gasteiger partial charge in [0.1, 0.15) is 0 Å². The van der Waals surface area contributed by atoms with E-state index in [0.717, 1.165) is 28.0 Å². The van der Waals surface area contributed by atoms with Gasteiger partial charge in [-0.3, -0.25) is 9.97 Å². The van der Waals surface area contributed by atoms with E-state index in [0.29, 0.717) is 5.02 Å². The number of hydrogen-bond acceptors (Lipinski definition) is 4. The van der Waals surface area contributed by atoms with Crippen LogP contribution in [0.4, 0.5) is 0 Å². The largest absolute Gasteiger partial charge is 0.496 e. The quantitative estimate of drug-likeness (QED) is 0.603. The van der Waals surface area contributed by atoms with Crippen molar-refractivity contribution in [2.75, 3.05) is 0 Å². The summed E-state index contributed by atoms with van der Waals surface area (Å²) in [5.74, 6) is 0.